The second-order valence-electron chi connectivity index (χ2n) is 8.53. The molecule has 0 spiro atoms. The Morgan fingerprint density at radius 3 is 1.59 bits per heavy atom. The van der Waals surface area contributed by atoms with E-state index in [-0.39, 0.29) is 0 Å². The van der Waals surface area contributed by atoms with Gasteiger partial charge in [0, 0.05) is 11.2 Å². The topological polar surface area (TPSA) is 122 Å². The first-order valence-electron chi connectivity index (χ1n) is 11.7. The van der Waals surface area contributed by atoms with Gasteiger partial charge in [0.25, 0.3) is 0 Å². The lowest BCUT2D eigenvalue weighted by molar-refractivity contribution is -0.142. The molecule has 8 heteroatoms. The summed E-state index contributed by atoms with van der Waals surface area (Å²) in [6, 6.07) is 14.5. The van der Waals surface area contributed by atoms with Crippen molar-refractivity contribution in [1.29, 1.82) is 0 Å². The molecule has 0 aromatic heterocycles. The van der Waals surface area contributed by atoms with E-state index >= 15 is 0 Å². The molecule has 0 bridgehead atoms. The molecular formula is C26H36N2O5S. The third-order valence-corrected chi connectivity index (χ3v) is 7.21. The Hall–Kier alpha value is -2.39. The van der Waals surface area contributed by atoms with E-state index in [4.69, 9.17) is 0 Å². The molecule has 0 aliphatic rings. The van der Waals surface area contributed by atoms with Gasteiger partial charge in [-0.05, 0) is 101 Å². The lowest BCUT2D eigenvalue weighted by atomic mass is 9.95. The molecule has 2 atom stereocenters. The molecule has 2 rings (SSSR count). The fourth-order valence-electron chi connectivity index (χ4n) is 3.96. The summed E-state index contributed by atoms with van der Waals surface area (Å²) in [5.41, 5.74) is 1.68. The Kier molecular flexibility index (Phi) is 12.1. The summed E-state index contributed by atoms with van der Waals surface area (Å²) in [5.74, 6) is -2.62. The standard InChI is InChI=1S/C26H36N2O5S/c1-27-13-5-9-21(25(29)30)15-19-7-3-11-23(17-19)34(33)24-12-4-8-20(18-24)16-22(26(31)32)10-6-14-28-2/h3-4,7-8,11-12,17-18,21-22,27-28H,5-6,9-10,13-16H2,1-2H3,(H,29,30)(H,31,32). The highest BCUT2D eigenvalue weighted by Crippen LogP contribution is 2.25. The number of aliphatic carboxylic acids is 2. The van der Waals surface area contributed by atoms with Crippen LogP contribution in [0, 0.1) is 11.8 Å². The van der Waals surface area contributed by atoms with Crippen LogP contribution in [-0.4, -0.2) is 53.9 Å². The lowest BCUT2D eigenvalue weighted by Crippen LogP contribution is -2.19. The first-order chi connectivity index (χ1) is 16.3. The molecule has 2 aromatic carbocycles. The zero-order valence-electron chi connectivity index (χ0n) is 20.0. The maximum atomic E-state index is 13.3. The van der Waals surface area contributed by atoms with Gasteiger partial charge in [0.05, 0.1) is 11.8 Å². The smallest absolute Gasteiger partial charge is 0.306 e. The Balaban J connectivity index is 2.12. The van der Waals surface area contributed by atoms with Crippen LogP contribution < -0.4 is 10.6 Å². The fourth-order valence-corrected chi connectivity index (χ4v) is 5.15. The number of rotatable bonds is 16. The number of carboxylic acids is 2. The fraction of sp³-hybridized carbons (Fsp3) is 0.462. The van der Waals surface area contributed by atoms with Gasteiger partial charge >= 0.3 is 11.9 Å². The van der Waals surface area contributed by atoms with Crippen molar-refractivity contribution in [2.75, 3.05) is 27.2 Å². The normalized spacial score (nSPS) is 13.9. The molecule has 0 saturated heterocycles. The highest BCUT2D eigenvalue weighted by Gasteiger charge is 2.22. The third kappa shape index (κ3) is 9.10. The average Bonchev–Trinajstić information content (AvgIpc) is 2.82. The quantitative estimate of drug-likeness (QED) is 0.211. The second-order valence-corrected chi connectivity index (χ2v) is 10.0. The van der Waals surface area contributed by atoms with E-state index in [9.17, 15) is 24.4 Å². The van der Waals surface area contributed by atoms with E-state index in [0.717, 1.165) is 37.1 Å². The van der Waals surface area contributed by atoms with Gasteiger partial charge in [0.15, 0.2) is 9.79 Å². The molecule has 2 unspecified atom stereocenters. The minimum Gasteiger partial charge on any atom is -0.606 e. The van der Waals surface area contributed by atoms with Gasteiger partial charge in [-0.25, -0.2) is 0 Å². The van der Waals surface area contributed by atoms with E-state index in [1.807, 2.05) is 38.4 Å². The highest BCUT2D eigenvalue weighted by molar-refractivity contribution is 7.91. The van der Waals surface area contributed by atoms with E-state index < -0.39 is 35.0 Å². The van der Waals surface area contributed by atoms with Gasteiger partial charge in [-0.1, -0.05) is 24.3 Å². The average molecular weight is 489 g/mol. The molecule has 0 aliphatic heterocycles. The van der Waals surface area contributed by atoms with E-state index in [0.29, 0.717) is 35.5 Å². The molecule has 0 radical (unpaired) electrons. The molecule has 0 fully saturated rings. The molecule has 34 heavy (non-hydrogen) atoms. The van der Waals surface area contributed by atoms with Crippen molar-refractivity contribution >= 4 is 23.1 Å². The maximum Gasteiger partial charge on any atom is 0.306 e. The SMILES string of the molecule is CNCCCC(Cc1cccc([S+]([O-])c2cccc(CC(CCCNC)C(=O)O)c2)c1)C(=O)O. The first kappa shape index (κ1) is 27.9. The molecule has 186 valence electrons. The van der Waals surface area contributed by atoms with Gasteiger partial charge in [0.1, 0.15) is 0 Å². The number of benzene rings is 2. The van der Waals surface area contributed by atoms with Crippen molar-refractivity contribution < 1.29 is 24.4 Å². The summed E-state index contributed by atoms with van der Waals surface area (Å²) in [6.07, 6.45) is 3.47. The highest BCUT2D eigenvalue weighted by atomic mass is 32.2. The Morgan fingerprint density at radius 2 is 1.24 bits per heavy atom. The lowest BCUT2D eigenvalue weighted by Gasteiger charge is -2.16. The van der Waals surface area contributed by atoms with Crippen LogP contribution in [0.4, 0.5) is 0 Å². The molecule has 0 amide bonds. The van der Waals surface area contributed by atoms with Crippen LogP contribution in [0.5, 0.6) is 0 Å². The molecule has 7 nitrogen and oxygen atoms in total. The van der Waals surface area contributed by atoms with Crippen LogP contribution in [-0.2, 0) is 33.6 Å². The van der Waals surface area contributed by atoms with Crippen molar-refractivity contribution in [1.82, 2.24) is 10.6 Å². The van der Waals surface area contributed by atoms with Crippen LogP contribution >= 0.6 is 0 Å². The third-order valence-electron chi connectivity index (χ3n) is 5.85. The van der Waals surface area contributed by atoms with Crippen LogP contribution in [0.1, 0.15) is 36.8 Å². The number of carbonyl (C=O) groups is 2. The van der Waals surface area contributed by atoms with Crippen molar-refractivity contribution in [2.45, 2.75) is 48.3 Å². The molecule has 2 aromatic rings. The summed E-state index contributed by atoms with van der Waals surface area (Å²) in [5, 5.41) is 25.2. The monoisotopic (exact) mass is 488 g/mol. The number of carboxylic acid groups (broad SMARTS) is 2. The summed E-state index contributed by atoms with van der Waals surface area (Å²) in [6.45, 7) is 1.53. The summed E-state index contributed by atoms with van der Waals surface area (Å²) < 4.78 is 13.3. The van der Waals surface area contributed by atoms with Crippen LogP contribution in [0.3, 0.4) is 0 Å². The zero-order valence-corrected chi connectivity index (χ0v) is 20.8. The van der Waals surface area contributed by atoms with Gasteiger partial charge in [-0.2, -0.15) is 0 Å². The molecule has 0 saturated carbocycles. The predicted molar refractivity (Wildman–Crippen MR) is 134 cm³/mol. The molecular weight excluding hydrogens is 452 g/mol. The molecule has 4 N–H and O–H groups in total. The Bertz CT molecular complexity index is 850. The van der Waals surface area contributed by atoms with Crippen LogP contribution in [0.15, 0.2) is 58.3 Å². The van der Waals surface area contributed by atoms with Gasteiger partial charge in [-0.3, -0.25) is 9.59 Å². The van der Waals surface area contributed by atoms with Gasteiger partial charge in [0.2, 0.25) is 0 Å². The van der Waals surface area contributed by atoms with Crippen molar-refractivity contribution in [2.24, 2.45) is 11.8 Å². The van der Waals surface area contributed by atoms with Crippen molar-refractivity contribution in [3.8, 4) is 0 Å². The van der Waals surface area contributed by atoms with Crippen molar-refractivity contribution in [3.05, 3.63) is 59.7 Å². The van der Waals surface area contributed by atoms with E-state index in [1.165, 1.54) is 0 Å². The predicted octanol–water partition coefficient (Wildman–Crippen LogP) is 3.34. The van der Waals surface area contributed by atoms with E-state index in [1.54, 1.807) is 24.3 Å². The first-order valence-corrected chi connectivity index (χ1v) is 12.8. The largest absolute Gasteiger partial charge is 0.606 e. The molecule has 0 aliphatic carbocycles. The van der Waals surface area contributed by atoms with E-state index in [2.05, 4.69) is 10.6 Å². The Morgan fingerprint density at radius 1 is 0.824 bits per heavy atom. The summed E-state index contributed by atoms with van der Waals surface area (Å²) in [7, 11) is 3.69. The number of hydrogen-bond acceptors (Lipinski definition) is 5. The van der Waals surface area contributed by atoms with Gasteiger partial charge < -0.3 is 25.4 Å². The second kappa shape index (κ2) is 14.8. The molecule has 0 heterocycles. The maximum absolute atomic E-state index is 13.3. The van der Waals surface area contributed by atoms with Crippen molar-refractivity contribution in [3.63, 3.8) is 0 Å². The van der Waals surface area contributed by atoms with Crippen LogP contribution in [0.25, 0.3) is 0 Å². The number of hydrogen-bond donors (Lipinski definition) is 4. The summed E-state index contributed by atoms with van der Waals surface area (Å²) in [4.78, 5) is 24.6. The zero-order chi connectivity index (χ0) is 24.9. The Labute approximate surface area is 205 Å². The minimum absolute atomic E-state index is 0.386. The summed E-state index contributed by atoms with van der Waals surface area (Å²) >= 11 is -1.45. The van der Waals surface area contributed by atoms with Gasteiger partial charge in [-0.15, -0.1) is 0 Å². The minimum atomic E-state index is -1.45. The number of nitrogens with one attached hydrogen (secondary N) is 2. The van der Waals surface area contributed by atoms with Crippen LogP contribution in [0.2, 0.25) is 0 Å².